The van der Waals surface area contributed by atoms with Gasteiger partial charge in [-0.15, -0.1) is 0 Å². The maximum atomic E-state index is 10.9. The summed E-state index contributed by atoms with van der Waals surface area (Å²) >= 11 is 0. The number of rotatable bonds is 6. The van der Waals surface area contributed by atoms with Crippen LogP contribution in [0.4, 0.5) is 0 Å². The molecule has 108 valence electrons. The van der Waals surface area contributed by atoms with Gasteiger partial charge in [0.1, 0.15) is 0 Å². The molecule has 1 atom stereocenters. The SMILES string of the molecule is NC(=O)CCNC1CC1(c1ccccc1)c1ccccc1. The second-order valence-electron chi connectivity index (χ2n) is 5.63. The summed E-state index contributed by atoms with van der Waals surface area (Å²) in [4.78, 5) is 10.9. The van der Waals surface area contributed by atoms with E-state index in [1.54, 1.807) is 0 Å². The van der Waals surface area contributed by atoms with Crippen molar-refractivity contribution >= 4 is 5.91 Å². The fourth-order valence-corrected chi connectivity index (χ4v) is 3.15. The molecule has 3 nitrogen and oxygen atoms in total. The van der Waals surface area contributed by atoms with Gasteiger partial charge in [0, 0.05) is 24.4 Å². The first-order valence-electron chi connectivity index (χ1n) is 7.36. The Morgan fingerprint density at radius 1 is 1.05 bits per heavy atom. The highest BCUT2D eigenvalue weighted by atomic mass is 16.1. The van der Waals surface area contributed by atoms with Crippen molar-refractivity contribution in [2.24, 2.45) is 5.73 Å². The Labute approximate surface area is 125 Å². The number of carbonyl (C=O) groups is 1. The van der Waals surface area contributed by atoms with Crippen LogP contribution in [0.3, 0.4) is 0 Å². The smallest absolute Gasteiger partial charge is 0.218 e. The molecule has 0 aromatic heterocycles. The van der Waals surface area contributed by atoms with Crippen LogP contribution in [0.5, 0.6) is 0 Å². The molecule has 1 unspecified atom stereocenters. The Kier molecular flexibility index (Phi) is 3.76. The molecule has 0 aliphatic heterocycles. The number of hydrogen-bond donors (Lipinski definition) is 2. The van der Waals surface area contributed by atoms with Crippen molar-refractivity contribution in [3.05, 3.63) is 71.8 Å². The van der Waals surface area contributed by atoms with Gasteiger partial charge in [-0.05, 0) is 17.5 Å². The lowest BCUT2D eigenvalue weighted by molar-refractivity contribution is -0.117. The molecule has 0 spiro atoms. The Balaban J connectivity index is 1.84. The third-order valence-corrected chi connectivity index (χ3v) is 4.30. The minimum Gasteiger partial charge on any atom is -0.370 e. The van der Waals surface area contributed by atoms with E-state index >= 15 is 0 Å². The molecule has 1 aliphatic carbocycles. The minimum absolute atomic E-state index is 0.0279. The van der Waals surface area contributed by atoms with E-state index < -0.39 is 0 Å². The first kappa shape index (κ1) is 13.8. The van der Waals surface area contributed by atoms with Crippen molar-refractivity contribution < 1.29 is 4.79 Å². The molecule has 1 aliphatic rings. The summed E-state index contributed by atoms with van der Waals surface area (Å²) in [5.74, 6) is -0.256. The van der Waals surface area contributed by atoms with Crippen LogP contribution in [0, 0.1) is 0 Å². The van der Waals surface area contributed by atoms with Gasteiger partial charge in [0.2, 0.25) is 5.91 Å². The zero-order chi connectivity index (χ0) is 14.7. The number of nitrogens with one attached hydrogen (secondary N) is 1. The highest BCUT2D eigenvalue weighted by Crippen LogP contribution is 2.53. The molecule has 0 radical (unpaired) electrons. The van der Waals surface area contributed by atoms with Crippen molar-refractivity contribution in [2.45, 2.75) is 24.3 Å². The Bertz CT molecular complexity index is 570. The fraction of sp³-hybridized carbons (Fsp3) is 0.278. The third kappa shape index (κ3) is 2.69. The molecule has 3 rings (SSSR count). The molecule has 3 heteroatoms. The van der Waals surface area contributed by atoms with Crippen molar-refractivity contribution in [1.29, 1.82) is 0 Å². The molecular weight excluding hydrogens is 260 g/mol. The summed E-state index contributed by atoms with van der Waals surface area (Å²) in [6, 6.07) is 21.5. The Morgan fingerprint density at radius 3 is 2.05 bits per heavy atom. The van der Waals surface area contributed by atoms with Crippen molar-refractivity contribution in [2.75, 3.05) is 6.54 Å². The Hall–Kier alpha value is -2.13. The Morgan fingerprint density at radius 2 is 1.57 bits per heavy atom. The molecule has 2 aromatic carbocycles. The number of amides is 1. The standard InChI is InChI=1S/C18H20N2O/c19-17(21)11-12-20-16-13-18(16,14-7-3-1-4-8-14)15-9-5-2-6-10-15/h1-10,16,20H,11-13H2,(H2,19,21). The normalized spacial score (nSPS) is 19.1. The summed E-state index contributed by atoms with van der Waals surface area (Å²) in [6.07, 6.45) is 1.44. The second kappa shape index (κ2) is 5.70. The minimum atomic E-state index is -0.256. The predicted molar refractivity (Wildman–Crippen MR) is 83.9 cm³/mol. The van der Waals surface area contributed by atoms with E-state index in [0.29, 0.717) is 19.0 Å². The van der Waals surface area contributed by atoms with Gasteiger partial charge >= 0.3 is 0 Å². The van der Waals surface area contributed by atoms with Crippen molar-refractivity contribution in [3.8, 4) is 0 Å². The molecular formula is C18H20N2O. The average Bonchev–Trinajstić information content (AvgIpc) is 3.24. The van der Waals surface area contributed by atoms with Crippen LogP contribution >= 0.6 is 0 Å². The molecule has 0 saturated heterocycles. The van der Waals surface area contributed by atoms with Crippen LogP contribution in [0.15, 0.2) is 60.7 Å². The quantitative estimate of drug-likeness (QED) is 0.852. The van der Waals surface area contributed by atoms with Gasteiger partial charge in [-0.3, -0.25) is 4.79 Å². The lowest BCUT2D eigenvalue weighted by atomic mass is 9.87. The zero-order valence-corrected chi connectivity index (χ0v) is 12.0. The van der Waals surface area contributed by atoms with E-state index in [4.69, 9.17) is 5.73 Å². The molecule has 0 heterocycles. The van der Waals surface area contributed by atoms with Crippen LogP contribution in [0.1, 0.15) is 24.0 Å². The lowest BCUT2D eigenvalue weighted by Gasteiger charge is -2.19. The van der Waals surface area contributed by atoms with E-state index in [9.17, 15) is 4.79 Å². The van der Waals surface area contributed by atoms with Crippen LogP contribution < -0.4 is 11.1 Å². The van der Waals surface area contributed by atoms with Crippen LogP contribution in [-0.4, -0.2) is 18.5 Å². The van der Waals surface area contributed by atoms with Crippen molar-refractivity contribution in [3.63, 3.8) is 0 Å². The summed E-state index contributed by atoms with van der Waals surface area (Å²) in [5, 5.41) is 3.47. The third-order valence-electron chi connectivity index (χ3n) is 4.30. The highest BCUT2D eigenvalue weighted by Gasteiger charge is 2.55. The van der Waals surface area contributed by atoms with Crippen LogP contribution in [0.25, 0.3) is 0 Å². The van der Waals surface area contributed by atoms with Gasteiger partial charge in [0.25, 0.3) is 0 Å². The number of hydrogen-bond acceptors (Lipinski definition) is 2. The zero-order valence-electron chi connectivity index (χ0n) is 12.0. The number of primary amides is 1. The van der Waals surface area contributed by atoms with E-state index in [1.807, 2.05) is 12.1 Å². The number of carbonyl (C=O) groups excluding carboxylic acids is 1. The van der Waals surface area contributed by atoms with Gasteiger partial charge in [-0.2, -0.15) is 0 Å². The first-order chi connectivity index (χ1) is 10.2. The molecule has 1 saturated carbocycles. The van der Waals surface area contributed by atoms with Gasteiger partial charge in [-0.1, -0.05) is 60.7 Å². The van der Waals surface area contributed by atoms with Gasteiger partial charge in [0.15, 0.2) is 0 Å². The molecule has 2 aromatic rings. The molecule has 21 heavy (non-hydrogen) atoms. The first-order valence-corrected chi connectivity index (χ1v) is 7.36. The largest absolute Gasteiger partial charge is 0.370 e. The number of benzene rings is 2. The highest BCUT2D eigenvalue weighted by molar-refractivity contribution is 5.73. The summed E-state index contributed by atoms with van der Waals surface area (Å²) in [7, 11) is 0. The summed E-state index contributed by atoms with van der Waals surface area (Å²) in [5.41, 5.74) is 7.89. The van der Waals surface area contributed by atoms with Gasteiger partial charge < -0.3 is 11.1 Å². The second-order valence-corrected chi connectivity index (χ2v) is 5.63. The lowest BCUT2D eigenvalue weighted by Crippen LogP contribution is -2.29. The fourth-order valence-electron chi connectivity index (χ4n) is 3.15. The summed E-state index contributed by atoms with van der Waals surface area (Å²) < 4.78 is 0. The maximum Gasteiger partial charge on any atom is 0.218 e. The van der Waals surface area contributed by atoms with E-state index in [0.717, 1.165) is 6.42 Å². The van der Waals surface area contributed by atoms with Crippen LogP contribution in [0.2, 0.25) is 0 Å². The maximum absolute atomic E-state index is 10.9. The van der Waals surface area contributed by atoms with E-state index in [2.05, 4.69) is 53.8 Å². The van der Waals surface area contributed by atoms with Gasteiger partial charge in [0.05, 0.1) is 0 Å². The monoisotopic (exact) mass is 280 g/mol. The molecule has 0 bridgehead atoms. The van der Waals surface area contributed by atoms with Crippen molar-refractivity contribution in [1.82, 2.24) is 5.32 Å². The topological polar surface area (TPSA) is 55.1 Å². The molecule has 1 fully saturated rings. The number of nitrogens with two attached hydrogens (primary N) is 1. The van der Waals surface area contributed by atoms with Crippen LogP contribution in [-0.2, 0) is 10.2 Å². The predicted octanol–water partition coefficient (Wildman–Crippen LogP) is 2.21. The van der Waals surface area contributed by atoms with E-state index in [-0.39, 0.29) is 11.3 Å². The summed E-state index contributed by atoms with van der Waals surface area (Å²) in [6.45, 7) is 0.640. The average molecular weight is 280 g/mol. The molecule has 3 N–H and O–H groups in total. The molecule has 1 amide bonds. The van der Waals surface area contributed by atoms with Gasteiger partial charge in [-0.25, -0.2) is 0 Å². The van der Waals surface area contributed by atoms with E-state index in [1.165, 1.54) is 11.1 Å².